The molecule has 0 saturated carbocycles. The average Bonchev–Trinajstić information content (AvgIpc) is 2.82. The third-order valence-electron chi connectivity index (χ3n) is 3.28. The van der Waals surface area contributed by atoms with E-state index in [-0.39, 0.29) is 5.56 Å². The van der Waals surface area contributed by atoms with Crippen LogP contribution < -0.4 is 0 Å². The minimum absolute atomic E-state index is 0.202. The number of carboxylic acids is 1. The van der Waals surface area contributed by atoms with E-state index in [1.165, 1.54) is 0 Å². The van der Waals surface area contributed by atoms with E-state index in [1.807, 2.05) is 24.3 Å². The third kappa shape index (κ3) is 2.60. The number of hydrogen-bond donors (Lipinski definition) is 1. The van der Waals surface area contributed by atoms with Crippen molar-refractivity contribution in [2.75, 3.05) is 0 Å². The van der Waals surface area contributed by atoms with E-state index < -0.39 is 5.97 Å². The molecule has 6 heteroatoms. The highest BCUT2D eigenvalue weighted by molar-refractivity contribution is 6.30. The molecule has 1 N–H and O–H groups in total. The molecule has 0 radical (unpaired) electrons. The quantitative estimate of drug-likeness (QED) is 0.807. The Morgan fingerprint density at radius 1 is 1.33 bits per heavy atom. The summed E-state index contributed by atoms with van der Waals surface area (Å²) in [6, 6.07) is 9.10. The zero-order chi connectivity index (χ0) is 15.0. The Kier molecular flexibility index (Phi) is 3.35. The Labute approximate surface area is 125 Å². The summed E-state index contributed by atoms with van der Waals surface area (Å²) in [5, 5.41) is 14.8. The molecule has 0 fully saturated rings. The van der Waals surface area contributed by atoms with Crippen molar-refractivity contribution in [1.82, 2.24) is 14.8 Å². The van der Waals surface area contributed by atoms with Crippen molar-refractivity contribution in [3.05, 3.63) is 58.4 Å². The number of hydrogen-bond acceptors (Lipinski definition) is 3. The van der Waals surface area contributed by atoms with Crippen LogP contribution in [0.5, 0.6) is 0 Å². The van der Waals surface area contributed by atoms with Crippen molar-refractivity contribution in [2.45, 2.75) is 13.5 Å². The number of aromatic nitrogens is 3. The van der Waals surface area contributed by atoms with Crippen LogP contribution in [0.25, 0.3) is 11.0 Å². The predicted octanol–water partition coefficient (Wildman–Crippen LogP) is 3.14. The maximum Gasteiger partial charge on any atom is 0.337 e. The molecule has 0 atom stereocenters. The Balaban J connectivity index is 2.02. The lowest BCUT2D eigenvalue weighted by atomic mass is 10.2. The molecule has 0 amide bonds. The predicted molar refractivity (Wildman–Crippen MR) is 79.8 cm³/mol. The summed E-state index contributed by atoms with van der Waals surface area (Å²) in [5.41, 5.74) is 2.40. The van der Waals surface area contributed by atoms with Gasteiger partial charge in [0.25, 0.3) is 0 Å². The van der Waals surface area contributed by atoms with Gasteiger partial charge in [-0.05, 0) is 30.7 Å². The molecule has 0 aliphatic heterocycles. The number of fused-ring (bicyclic) bond motifs is 1. The molecule has 0 unspecified atom stereocenters. The fourth-order valence-electron chi connectivity index (χ4n) is 2.19. The number of pyridine rings is 1. The highest BCUT2D eigenvalue weighted by atomic mass is 35.5. The summed E-state index contributed by atoms with van der Waals surface area (Å²) in [4.78, 5) is 15.5. The Hall–Kier alpha value is -2.40. The fourth-order valence-corrected chi connectivity index (χ4v) is 2.32. The summed E-state index contributed by atoms with van der Waals surface area (Å²) in [5.74, 6) is -0.979. The molecule has 106 valence electrons. The van der Waals surface area contributed by atoms with Gasteiger partial charge in [-0.15, -0.1) is 0 Å². The second kappa shape index (κ2) is 5.18. The lowest BCUT2D eigenvalue weighted by molar-refractivity contribution is 0.0696. The highest BCUT2D eigenvalue weighted by Gasteiger charge is 2.13. The molecule has 2 heterocycles. The number of aryl methyl sites for hydroxylation is 1. The smallest absolute Gasteiger partial charge is 0.337 e. The number of carboxylic acid groups (broad SMARTS) is 1. The van der Waals surface area contributed by atoms with Gasteiger partial charge in [-0.1, -0.05) is 23.7 Å². The minimum Gasteiger partial charge on any atom is -0.478 e. The minimum atomic E-state index is -0.979. The number of halogens is 1. The Bertz CT molecular complexity index is 825. The van der Waals surface area contributed by atoms with E-state index in [9.17, 15) is 4.79 Å². The lowest BCUT2D eigenvalue weighted by Crippen LogP contribution is -2.05. The highest BCUT2D eigenvalue weighted by Crippen LogP contribution is 2.18. The van der Waals surface area contributed by atoms with Gasteiger partial charge in [-0.2, -0.15) is 5.10 Å². The molecule has 2 aromatic heterocycles. The van der Waals surface area contributed by atoms with Gasteiger partial charge in [-0.25, -0.2) is 14.5 Å². The van der Waals surface area contributed by atoms with E-state index in [1.54, 1.807) is 23.9 Å². The molecule has 21 heavy (non-hydrogen) atoms. The summed E-state index contributed by atoms with van der Waals surface area (Å²) in [6.07, 6.45) is 1.63. The van der Waals surface area contributed by atoms with Crippen molar-refractivity contribution < 1.29 is 9.90 Å². The number of rotatable bonds is 3. The Morgan fingerprint density at radius 3 is 2.71 bits per heavy atom. The molecule has 5 nitrogen and oxygen atoms in total. The zero-order valence-electron chi connectivity index (χ0n) is 11.2. The molecule has 3 aromatic rings. The van der Waals surface area contributed by atoms with Gasteiger partial charge in [-0.3, -0.25) is 0 Å². The zero-order valence-corrected chi connectivity index (χ0v) is 12.0. The number of benzene rings is 1. The fraction of sp³-hybridized carbons (Fsp3) is 0.133. The molecule has 0 aliphatic rings. The SMILES string of the molecule is Cc1nc2c(cnn2Cc2ccc(Cl)cc2)cc1C(=O)O. The van der Waals surface area contributed by atoms with Gasteiger partial charge in [0.05, 0.1) is 24.0 Å². The first kappa shape index (κ1) is 13.6. The van der Waals surface area contributed by atoms with Crippen LogP contribution in [0, 0.1) is 6.92 Å². The van der Waals surface area contributed by atoms with Crippen LogP contribution in [0.4, 0.5) is 0 Å². The topological polar surface area (TPSA) is 68.0 Å². The van der Waals surface area contributed by atoms with Crippen molar-refractivity contribution in [3.8, 4) is 0 Å². The maximum absolute atomic E-state index is 11.1. The van der Waals surface area contributed by atoms with E-state index in [0.29, 0.717) is 28.3 Å². The van der Waals surface area contributed by atoms with Crippen LogP contribution in [0.15, 0.2) is 36.5 Å². The van der Waals surface area contributed by atoms with Gasteiger partial charge in [0, 0.05) is 10.4 Å². The van der Waals surface area contributed by atoms with Gasteiger partial charge >= 0.3 is 5.97 Å². The van der Waals surface area contributed by atoms with Crippen LogP contribution in [-0.2, 0) is 6.54 Å². The van der Waals surface area contributed by atoms with E-state index in [0.717, 1.165) is 5.56 Å². The van der Waals surface area contributed by atoms with Crippen LogP contribution in [0.3, 0.4) is 0 Å². The number of carbonyl (C=O) groups is 1. The first-order chi connectivity index (χ1) is 10.0. The molecule has 1 aromatic carbocycles. The average molecular weight is 302 g/mol. The van der Waals surface area contributed by atoms with E-state index >= 15 is 0 Å². The summed E-state index contributed by atoms with van der Waals surface area (Å²) in [6.45, 7) is 2.24. The summed E-state index contributed by atoms with van der Waals surface area (Å²) < 4.78 is 1.75. The van der Waals surface area contributed by atoms with Crippen molar-refractivity contribution in [2.24, 2.45) is 0 Å². The van der Waals surface area contributed by atoms with Crippen LogP contribution in [0.1, 0.15) is 21.6 Å². The van der Waals surface area contributed by atoms with Crippen LogP contribution in [-0.4, -0.2) is 25.8 Å². The largest absolute Gasteiger partial charge is 0.478 e. The second-order valence-corrected chi connectivity index (χ2v) is 5.20. The lowest BCUT2D eigenvalue weighted by Gasteiger charge is -2.05. The summed E-state index contributed by atoms with van der Waals surface area (Å²) >= 11 is 5.87. The van der Waals surface area contributed by atoms with Gasteiger partial charge in [0.1, 0.15) is 0 Å². The molecule has 0 saturated heterocycles. The molecule has 3 rings (SSSR count). The van der Waals surface area contributed by atoms with Gasteiger partial charge in [0.15, 0.2) is 5.65 Å². The van der Waals surface area contributed by atoms with E-state index in [4.69, 9.17) is 16.7 Å². The van der Waals surface area contributed by atoms with Crippen molar-refractivity contribution in [3.63, 3.8) is 0 Å². The number of aromatic carboxylic acids is 1. The first-order valence-electron chi connectivity index (χ1n) is 6.35. The monoisotopic (exact) mass is 301 g/mol. The molecular formula is C15H12ClN3O2. The van der Waals surface area contributed by atoms with E-state index in [2.05, 4.69) is 10.1 Å². The molecule has 0 aliphatic carbocycles. The Morgan fingerprint density at radius 2 is 2.05 bits per heavy atom. The molecule has 0 spiro atoms. The first-order valence-corrected chi connectivity index (χ1v) is 6.73. The van der Waals surface area contributed by atoms with Gasteiger partial charge in [0.2, 0.25) is 0 Å². The maximum atomic E-state index is 11.1. The van der Waals surface area contributed by atoms with Crippen molar-refractivity contribution in [1.29, 1.82) is 0 Å². The molecular weight excluding hydrogens is 290 g/mol. The number of nitrogens with zero attached hydrogens (tertiary/aromatic N) is 3. The summed E-state index contributed by atoms with van der Waals surface area (Å²) in [7, 11) is 0. The standard InChI is InChI=1S/C15H12ClN3O2/c1-9-13(15(20)21)6-11-7-17-19(14(11)18-9)8-10-2-4-12(16)5-3-10/h2-7H,8H2,1H3,(H,20,21). The normalized spacial score (nSPS) is 11.0. The van der Waals surface area contributed by atoms with Crippen molar-refractivity contribution >= 4 is 28.6 Å². The second-order valence-electron chi connectivity index (χ2n) is 4.77. The molecule has 0 bridgehead atoms. The van der Waals surface area contributed by atoms with Crippen LogP contribution in [0.2, 0.25) is 5.02 Å². The van der Waals surface area contributed by atoms with Crippen LogP contribution >= 0.6 is 11.6 Å². The third-order valence-corrected chi connectivity index (χ3v) is 3.53. The van der Waals surface area contributed by atoms with Gasteiger partial charge < -0.3 is 5.11 Å².